The van der Waals surface area contributed by atoms with Gasteiger partial charge in [0.15, 0.2) is 0 Å². The standard InChI is InChI=1S/C15H20N2O/c1-15(2,10-16-3)11-18-13-8-4-6-12-7-5-9-17-14(12)13/h4-9,16H,10-11H2,1-3H3. The second-order valence-electron chi connectivity index (χ2n) is 5.31. The van der Waals surface area contributed by atoms with Gasteiger partial charge in [-0.3, -0.25) is 4.98 Å². The Hall–Kier alpha value is -1.61. The third-order valence-corrected chi connectivity index (χ3v) is 2.87. The lowest BCUT2D eigenvalue weighted by Gasteiger charge is -2.24. The number of rotatable bonds is 5. The van der Waals surface area contributed by atoms with E-state index < -0.39 is 0 Å². The fourth-order valence-corrected chi connectivity index (χ4v) is 2.00. The van der Waals surface area contributed by atoms with E-state index in [1.807, 2.05) is 37.4 Å². The summed E-state index contributed by atoms with van der Waals surface area (Å²) in [5.41, 5.74) is 1.03. The summed E-state index contributed by atoms with van der Waals surface area (Å²) in [6.07, 6.45) is 1.80. The van der Waals surface area contributed by atoms with E-state index in [2.05, 4.69) is 24.1 Å². The highest BCUT2D eigenvalue weighted by atomic mass is 16.5. The van der Waals surface area contributed by atoms with Gasteiger partial charge in [0.1, 0.15) is 11.3 Å². The summed E-state index contributed by atoms with van der Waals surface area (Å²) in [5, 5.41) is 4.30. The van der Waals surface area contributed by atoms with Crippen molar-refractivity contribution < 1.29 is 4.74 Å². The Labute approximate surface area is 108 Å². The fraction of sp³-hybridized carbons (Fsp3) is 0.400. The minimum absolute atomic E-state index is 0.103. The van der Waals surface area contributed by atoms with Gasteiger partial charge in [0.05, 0.1) is 6.61 Å². The second kappa shape index (κ2) is 5.36. The van der Waals surface area contributed by atoms with Crippen molar-refractivity contribution in [1.82, 2.24) is 10.3 Å². The Bertz CT molecular complexity index is 517. The molecule has 2 aromatic rings. The maximum absolute atomic E-state index is 5.93. The van der Waals surface area contributed by atoms with Crippen LogP contribution in [0.4, 0.5) is 0 Å². The highest BCUT2D eigenvalue weighted by Gasteiger charge is 2.18. The third kappa shape index (κ3) is 2.99. The average molecular weight is 244 g/mol. The average Bonchev–Trinajstić information content (AvgIpc) is 2.36. The zero-order valence-corrected chi connectivity index (χ0v) is 11.2. The maximum atomic E-state index is 5.93. The summed E-state index contributed by atoms with van der Waals surface area (Å²) in [7, 11) is 1.96. The largest absolute Gasteiger partial charge is 0.491 e. The van der Waals surface area contributed by atoms with Crippen molar-refractivity contribution in [2.24, 2.45) is 5.41 Å². The van der Waals surface area contributed by atoms with Gasteiger partial charge < -0.3 is 10.1 Å². The molecule has 0 bridgehead atoms. The van der Waals surface area contributed by atoms with Crippen LogP contribution in [0, 0.1) is 5.41 Å². The quantitative estimate of drug-likeness (QED) is 0.878. The summed E-state index contributed by atoms with van der Waals surface area (Å²) in [6, 6.07) is 10.0. The smallest absolute Gasteiger partial charge is 0.145 e. The number of nitrogens with one attached hydrogen (secondary N) is 1. The Balaban J connectivity index is 2.17. The van der Waals surface area contributed by atoms with Crippen LogP contribution in [0.5, 0.6) is 5.75 Å². The zero-order valence-electron chi connectivity index (χ0n) is 11.2. The van der Waals surface area contributed by atoms with Gasteiger partial charge in [0, 0.05) is 23.5 Å². The van der Waals surface area contributed by atoms with Crippen molar-refractivity contribution in [3.63, 3.8) is 0 Å². The van der Waals surface area contributed by atoms with Gasteiger partial charge in [0.25, 0.3) is 0 Å². The number of pyridine rings is 1. The van der Waals surface area contributed by atoms with Gasteiger partial charge >= 0.3 is 0 Å². The normalized spacial score (nSPS) is 11.7. The van der Waals surface area contributed by atoms with Gasteiger partial charge in [-0.2, -0.15) is 0 Å². The first-order chi connectivity index (χ1) is 8.62. The minimum Gasteiger partial charge on any atom is -0.491 e. The highest BCUT2D eigenvalue weighted by molar-refractivity contribution is 5.84. The molecule has 3 heteroatoms. The highest BCUT2D eigenvalue weighted by Crippen LogP contribution is 2.25. The van der Waals surface area contributed by atoms with Crippen LogP contribution < -0.4 is 10.1 Å². The van der Waals surface area contributed by atoms with Crippen LogP contribution in [0.15, 0.2) is 36.5 Å². The van der Waals surface area contributed by atoms with Gasteiger partial charge in [-0.05, 0) is 19.2 Å². The van der Waals surface area contributed by atoms with E-state index in [0.717, 1.165) is 23.2 Å². The summed E-state index contributed by atoms with van der Waals surface area (Å²) in [6.45, 7) is 5.96. The van der Waals surface area contributed by atoms with Crippen molar-refractivity contribution in [2.75, 3.05) is 20.2 Å². The molecule has 0 atom stereocenters. The molecule has 0 aliphatic rings. The molecule has 1 N–H and O–H groups in total. The summed E-state index contributed by atoms with van der Waals surface area (Å²) in [5.74, 6) is 0.859. The molecule has 0 aliphatic heterocycles. The molecule has 0 radical (unpaired) electrons. The molecule has 0 amide bonds. The molecule has 96 valence electrons. The van der Waals surface area contributed by atoms with E-state index in [0.29, 0.717) is 6.61 Å². The molecule has 0 saturated carbocycles. The molecule has 1 aromatic carbocycles. The Morgan fingerprint density at radius 1 is 1.22 bits per heavy atom. The topological polar surface area (TPSA) is 34.1 Å². The van der Waals surface area contributed by atoms with Crippen LogP contribution in [0.3, 0.4) is 0 Å². The first-order valence-corrected chi connectivity index (χ1v) is 6.23. The van der Waals surface area contributed by atoms with E-state index >= 15 is 0 Å². The second-order valence-corrected chi connectivity index (χ2v) is 5.31. The molecule has 0 spiro atoms. The van der Waals surface area contributed by atoms with E-state index in [1.165, 1.54) is 0 Å². The summed E-state index contributed by atoms with van der Waals surface area (Å²) in [4.78, 5) is 4.39. The molecule has 0 unspecified atom stereocenters. The van der Waals surface area contributed by atoms with Gasteiger partial charge in [-0.25, -0.2) is 0 Å². The predicted molar refractivity (Wildman–Crippen MR) is 74.9 cm³/mol. The Morgan fingerprint density at radius 3 is 2.78 bits per heavy atom. The number of para-hydroxylation sites is 1. The van der Waals surface area contributed by atoms with Crippen LogP contribution in [0.25, 0.3) is 10.9 Å². The molecular weight excluding hydrogens is 224 g/mol. The number of aromatic nitrogens is 1. The Morgan fingerprint density at radius 2 is 2.00 bits per heavy atom. The van der Waals surface area contributed by atoms with Crippen molar-refractivity contribution in [3.05, 3.63) is 36.5 Å². The lowest BCUT2D eigenvalue weighted by atomic mass is 9.95. The molecule has 3 nitrogen and oxygen atoms in total. The van der Waals surface area contributed by atoms with E-state index in [1.54, 1.807) is 6.20 Å². The van der Waals surface area contributed by atoms with Gasteiger partial charge in [-0.1, -0.05) is 32.0 Å². The number of benzene rings is 1. The molecule has 18 heavy (non-hydrogen) atoms. The molecule has 0 saturated heterocycles. The predicted octanol–water partition coefficient (Wildman–Crippen LogP) is 2.86. The van der Waals surface area contributed by atoms with Crippen LogP contribution >= 0.6 is 0 Å². The van der Waals surface area contributed by atoms with Crippen molar-refractivity contribution in [1.29, 1.82) is 0 Å². The SMILES string of the molecule is CNCC(C)(C)COc1cccc2cccnc12. The number of hydrogen-bond donors (Lipinski definition) is 1. The first kappa shape index (κ1) is 12.8. The summed E-state index contributed by atoms with van der Waals surface area (Å²) >= 11 is 0. The molecule has 1 aromatic heterocycles. The van der Waals surface area contributed by atoms with E-state index in [9.17, 15) is 0 Å². The number of nitrogens with zero attached hydrogens (tertiary/aromatic N) is 1. The molecule has 0 aliphatic carbocycles. The first-order valence-electron chi connectivity index (χ1n) is 6.23. The Kier molecular flexibility index (Phi) is 3.82. The number of hydrogen-bond acceptors (Lipinski definition) is 3. The number of fused-ring (bicyclic) bond motifs is 1. The third-order valence-electron chi connectivity index (χ3n) is 2.87. The van der Waals surface area contributed by atoms with Crippen LogP contribution in [-0.2, 0) is 0 Å². The van der Waals surface area contributed by atoms with Crippen LogP contribution in [0.2, 0.25) is 0 Å². The molecule has 0 fully saturated rings. The monoisotopic (exact) mass is 244 g/mol. The van der Waals surface area contributed by atoms with Crippen LogP contribution in [-0.4, -0.2) is 25.2 Å². The number of ether oxygens (including phenoxy) is 1. The van der Waals surface area contributed by atoms with Crippen LogP contribution in [0.1, 0.15) is 13.8 Å². The maximum Gasteiger partial charge on any atom is 0.145 e. The zero-order chi connectivity index (χ0) is 13.0. The summed E-state index contributed by atoms with van der Waals surface area (Å²) < 4.78 is 5.93. The lowest BCUT2D eigenvalue weighted by molar-refractivity contribution is 0.180. The fourth-order valence-electron chi connectivity index (χ4n) is 2.00. The molecule has 1 heterocycles. The minimum atomic E-state index is 0.103. The molecule has 2 rings (SSSR count). The van der Waals surface area contributed by atoms with E-state index in [4.69, 9.17) is 4.74 Å². The van der Waals surface area contributed by atoms with Crippen molar-refractivity contribution >= 4 is 10.9 Å². The van der Waals surface area contributed by atoms with Gasteiger partial charge in [-0.15, -0.1) is 0 Å². The van der Waals surface area contributed by atoms with Crippen molar-refractivity contribution in [3.8, 4) is 5.75 Å². The lowest BCUT2D eigenvalue weighted by Crippen LogP contribution is -2.32. The molecular formula is C15H20N2O. The van der Waals surface area contributed by atoms with E-state index in [-0.39, 0.29) is 5.41 Å². The van der Waals surface area contributed by atoms with Crippen molar-refractivity contribution in [2.45, 2.75) is 13.8 Å². The van der Waals surface area contributed by atoms with Gasteiger partial charge in [0.2, 0.25) is 0 Å².